The Kier molecular flexibility index (Phi) is 8.02. The van der Waals surface area contributed by atoms with Crippen LogP contribution in [0.5, 0.6) is 5.75 Å². The van der Waals surface area contributed by atoms with E-state index in [9.17, 15) is 9.59 Å². The van der Waals surface area contributed by atoms with Gasteiger partial charge in [-0.25, -0.2) is 4.68 Å². The van der Waals surface area contributed by atoms with E-state index in [0.717, 1.165) is 41.0 Å². The molecule has 4 heterocycles. The number of pyridine rings is 1. The highest BCUT2D eigenvalue weighted by Gasteiger charge is 2.43. The van der Waals surface area contributed by atoms with Crippen LogP contribution < -0.4 is 10.1 Å². The zero-order valence-corrected chi connectivity index (χ0v) is 24.5. The van der Waals surface area contributed by atoms with Crippen molar-refractivity contribution in [2.24, 2.45) is 13.0 Å². The van der Waals surface area contributed by atoms with Crippen LogP contribution in [-0.4, -0.2) is 68.9 Å². The topological polar surface area (TPSA) is 102 Å². The number of hydrogen-bond acceptors (Lipinski definition) is 7. The second kappa shape index (κ2) is 12.0. The summed E-state index contributed by atoms with van der Waals surface area (Å²) in [5.41, 5.74) is 6.21. The monoisotopic (exact) mass is 566 g/mol. The fraction of sp³-hybridized carbons (Fsp3) is 0.424. The van der Waals surface area contributed by atoms with E-state index in [1.165, 1.54) is 11.1 Å². The lowest BCUT2D eigenvalue weighted by atomic mass is 9.94. The maximum absolute atomic E-state index is 14.0. The van der Waals surface area contributed by atoms with Crippen LogP contribution in [0, 0.1) is 12.8 Å². The second-order valence-electron chi connectivity index (χ2n) is 11.7. The Morgan fingerprint density at radius 1 is 1.07 bits per heavy atom. The van der Waals surface area contributed by atoms with Crippen molar-refractivity contribution < 1.29 is 14.3 Å². The van der Waals surface area contributed by atoms with Gasteiger partial charge in [-0.1, -0.05) is 29.5 Å². The van der Waals surface area contributed by atoms with Gasteiger partial charge in [0.05, 0.1) is 24.7 Å². The van der Waals surface area contributed by atoms with Crippen molar-refractivity contribution in [2.75, 3.05) is 20.2 Å². The summed E-state index contributed by atoms with van der Waals surface area (Å²) in [6.07, 6.45) is 5.00. The average Bonchev–Trinajstić information content (AvgIpc) is 3.75. The number of hydrogen-bond donors (Lipinski definition) is 1. The number of nitrogens with zero attached hydrogens (tertiary/aromatic N) is 5. The van der Waals surface area contributed by atoms with Crippen molar-refractivity contribution >= 4 is 22.7 Å². The number of carbonyl (C=O) groups excluding carboxylic acids is 2. The number of nitrogens with one attached hydrogen (secondary N) is 1. The molecule has 2 aliphatic heterocycles. The third-order valence-corrected chi connectivity index (χ3v) is 8.98. The number of methoxy groups -OCH3 is 1. The molecule has 2 aliphatic rings. The number of amides is 1. The van der Waals surface area contributed by atoms with E-state index >= 15 is 0 Å². The SMILES string of the molecule is COc1ccc(C[C@@H]2C[C@@H](C(=O)CCc3ccc4c(c3)nnn4C)N(C(=O)[C@H]3CC(c4cccnc4C)CN3)C2)cc1. The molecule has 9 nitrogen and oxygen atoms in total. The third kappa shape index (κ3) is 5.79. The van der Waals surface area contributed by atoms with Gasteiger partial charge in [-0.3, -0.25) is 14.6 Å². The van der Waals surface area contributed by atoms with Crippen molar-refractivity contribution in [1.29, 1.82) is 0 Å². The maximum atomic E-state index is 14.0. The predicted molar refractivity (Wildman–Crippen MR) is 160 cm³/mol. The van der Waals surface area contributed by atoms with Crippen LogP contribution in [0.4, 0.5) is 0 Å². The Morgan fingerprint density at radius 2 is 1.88 bits per heavy atom. The van der Waals surface area contributed by atoms with E-state index in [1.54, 1.807) is 18.0 Å². The van der Waals surface area contributed by atoms with E-state index < -0.39 is 6.04 Å². The molecule has 218 valence electrons. The molecule has 4 atom stereocenters. The van der Waals surface area contributed by atoms with Gasteiger partial charge in [-0.15, -0.1) is 5.10 Å². The van der Waals surface area contributed by atoms with Gasteiger partial charge >= 0.3 is 0 Å². The Balaban J connectivity index is 1.17. The van der Waals surface area contributed by atoms with E-state index in [0.29, 0.717) is 32.2 Å². The van der Waals surface area contributed by atoms with Crippen LogP contribution in [0.15, 0.2) is 60.8 Å². The molecule has 0 bridgehead atoms. The summed E-state index contributed by atoms with van der Waals surface area (Å²) in [6, 6.07) is 17.5. The van der Waals surface area contributed by atoms with Crippen molar-refractivity contribution in [1.82, 2.24) is 30.2 Å². The molecule has 6 rings (SSSR count). The zero-order valence-electron chi connectivity index (χ0n) is 24.5. The third-order valence-electron chi connectivity index (χ3n) is 8.98. The van der Waals surface area contributed by atoms with Gasteiger partial charge in [-0.2, -0.15) is 0 Å². The zero-order chi connectivity index (χ0) is 29.2. The number of benzene rings is 2. The Morgan fingerprint density at radius 3 is 2.67 bits per heavy atom. The Hall–Kier alpha value is -4.11. The highest BCUT2D eigenvalue weighted by atomic mass is 16.5. The van der Waals surface area contributed by atoms with E-state index in [4.69, 9.17) is 4.74 Å². The number of ether oxygens (including phenoxy) is 1. The summed E-state index contributed by atoms with van der Waals surface area (Å²) in [5.74, 6) is 1.43. The second-order valence-corrected chi connectivity index (χ2v) is 11.7. The molecule has 0 spiro atoms. The maximum Gasteiger partial charge on any atom is 0.240 e. The summed E-state index contributed by atoms with van der Waals surface area (Å²) < 4.78 is 7.05. The number of Topliss-reactive ketones (excluding diaryl/α,β-unsaturated/α-hetero) is 1. The molecule has 1 amide bonds. The first-order chi connectivity index (χ1) is 20.4. The van der Waals surface area contributed by atoms with Crippen molar-refractivity contribution in [2.45, 2.75) is 57.0 Å². The summed E-state index contributed by atoms with van der Waals surface area (Å²) >= 11 is 0. The normalized spacial score (nSPS) is 22.1. The molecular weight excluding hydrogens is 528 g/mol. The van der Waals surface area contributed by atoms with Gasteiger partial charge in [0.1, 0.15) is 11.3 Å². The van der Waals surface area contributed by atoms with Crippen LogP contribution in [0.25, 0.3) is 11.0 Å². The molecule has 9 heteroatoms. The fourth-order valence-corrected chi connectivity index (χ4v) is 6.68. The van der Waals surface area contributed by atoms with Crippen LogP contribution in [0.1, 0.15) is 47.6 Å². The molecule has 0 radical (unpaired) electrons. The Labute approximate surface area is 246 Å². The summed E-state index contributed by atoms with van der Waals surface area (Å²) in [6.45, 7) is 3.34. The van der Waals surface area contributed by atoms with Gasteiger partial charge in [0, 0.05) is 44.4 Å². The van der Waals surface area contributed by atoms with Crippen LogP contribution in [-0.2, 0) is 29.5 Å². The molecule has 42 heavy (non-hydrogen) atoms. The summed E-state index contributed by atoms with van der Waals surface area (Å²) in [5, 5.41) is 11.8. The standard InChI is InChI=1S/C33H38N6O3/c1-21-27(5-4-14-34-21)25-18-29(35-19-25)33(41)39-20-24(15-22-6-10-26(42-3)11-7-22)17-31(39)32(40)13-9-23-8-12-30-28(16-23)36-37-38(30)2/h4-8,10-12,14,16,24-25,29,31,35H,9,13,15,17-20H2,1-3H3/t24-,25?,29-,31+/m1/s1. The number of ketones is 1. The smallest absolute Gasteiger partial charge is 0.240 e. The molecule has 2 aromatic carbocycles. The number of carbonyl (C=O) groups is 2. The van der Waals surface area contributed by atoms with Crippen LogP contribution >= 0.6 is 0 Å². The molecule has 0 saturated carbocycles. The van der Waals surface area contributed by atoms with Gasteiger partial charge in [0.2, 0.25) is 5.91 Å². The highest BCUT2D eigenvalue weighted by molar-refractivity contribution is 5.92. The van der Waals surface area contributed by atoms with Crippen LogP contribution in [0.3, 0.4) is 0 Å². The quantitative estimate of drug-likeness (QED) is 0.329. The molecule has 4 aromatic rings. The van der Waals surface area contributed by atoms with Crippen molar-refractivity contribution in [3.05, 3.63) is 83.2 Å². The van der Waals surface area contributed by atoms with E-state index in [1.807, 2.05) is 55.3 Å². The largest absolute Gasteiger partial charge is 0.497 e. The number of aryl methyl sites for hydroxylation is 3. The van der Waals surface area contributed by atoms with Crippen LogP contribution in [0.2, 0.25) is 0 Å². The predicted octanol–water partition coefficient (Wildman–Crippen LogP) is 3.79. The minimum absolute atomic E-state index is 0.0376. The summed E-state index contributed by atoms with van der Waals surface area (Å²) in [7, 11) is 3.53. The molecule has 2 fully saturated rings. The molecule has 1 unspecified atom stereocenters. The fourth-order valence-electron chi connectivity index (χ4n) is 6.68. The minimum Gasteiger partial charge on any atom is -0.497 e. The molecule has 1 N–H and O–H groups in total. The lowest BCUT2D eigenvalue weighted by Crippen LogP contribution is -2.48. The molecule has 0 aliphatic carbocycles. The van der Waals surface area contributed by atoms with Crippen molar-refractivity contribution in [3.8, 4) is 5.75 Å². The summed E-state index contributed by atoms with van der Waals surface area (Å²) in [4.78, 5) is 34.1. The first kappa shape index (κ1) is 28.0. The highest BCUT2D eigenvalue weighted by Crippen LogP contribution is 2.33. The lowest BCUT2D eigenvalue weighted by molar-refractivity contribution is -0.139. The molecular formula is C33H38N6O3. The average molecular weight is 567 g/mol. The lowest BCUT2D eigenvalue weighted by Gasteiger charge is -2.27. The number of fused-ring (bicyclic) bond motifs is 1. The number of aromatic nitrogens is 4. The molecule has 2 aromatic heterocycles. The van der Waals surface area contributed by atoms with E-state index in [2.05, 4.69) is 38.8 Å². The first-order valence-electron chi connectivity index (χ1n) is 14.8. The molecule has 2 saturated heterocycles. The van der Waals surface area contributed by atoms with Crippen molar-refractivity contribution in [3.63, 3.8) is 0 Å². The van der Waals surface area contributed by atoms with Gasteiger partial charge in [-0.05, 0) is 85.5 Å². The first-order valence-corrected chi connectivity index (χ1v) is 14.8. The Bertz CT molecular complexity index is 1580. The van der Waals surface area contributed by atoms with Gasteiger partial charge in [0.15, 0.2) is 5.78 Å². The van der Waals surface area contributed by atoms with Gasteiger partial charge in [0.25, 0.3) is 0 Å². The number of rotatable bonds is 9. The minimum atomic E-state index is -0.415. The number of likely N-dealkylation sites (tertiary alicyclic amines) is 1. The van der Waals surface area contributed by atoms with Gasteiger partial charge < -0.3 is 15.0 Å². The van der Waals surface area contributed by atoms with E-state index in [-0.39, 0.29) is 29.6 Å².